The molecule has 0 aliphatic carbocycles. The standard InChI is InChI=1S/C18H23N4O3/c1-12-3-4-14-15(9-12)24-17(20-14)21-16-19-10-18(25-16)11-22(23-2)7-5-13(18)6-8-22/h3-4,9,13H,5-8,10-11H2,1-2H3,(H,19,20,21)/q+1. The first-order valence-electron chi connectivity index (χ1n) is 8.89. The van der Waals surface area contributed by atoms with Crippen molar-refractivity contribution in [2.75, 3.05) is 38.6 Å². The van der Waals surface area contributed by atoms with Gasteiger partial charge in [-0.05, 0) is 24.6 Å². The van der Waals surface area contributed by atoms with Crippen molar-refractivity contribution in [3.63, 3.8) is 0 Å². The molecule has 1 unspecified atom stereocenters. The lowest BCUT2D eigenvalue weighted by molar-refractivity contribution is -1.12. The smallest absolute Gasteiger partial charge is 0.303 e. The van der Waals surface area contributed by atoms with Gasteiger partial charge in [0.15, 0.2) is 17.7 Å². The number of rotatable bonds is 2. The molecule has 2 bridgehead atoms. The van der Waals surface area contributed by atoms with Crippen LogP contribution in [0.4, 0.5) is 6.01 Å². The summed E-state index contributed by atoms with van der Waals surface area (Å²) in [6.45, 7) is 5.70. The highest BCUT2D eigenvalue weighted by atomic mass is 16.7. The van der Waals surface area contributed by atoms with Crippen LogP contribution >= 0.6 is 0 Å². The van der Waals surface area contributed by atoms with Crippen LogP contribution in [-0.2, 0) is 9.57 Å². The van der Waals surface area contributed by atoms with Gasteiger partial charge in [0.2, 0.25) is 0 Å². The maximum Gasteiger partial charge on any atom is 0.303 e. The molecule has 132 valence electrons. The van der Waals surface area contributed by atoms with Crippen LogP contribution in [-0.4, -0.2) is 54.5 Å². The largest absolute Gasteiger partial charge is 0.450 e. The van der Waals surface area contributed by atoms with Crippen molar-refractivity contribution in [2.24, 2.45) is 10.9 Å². The molecule has 7 heteroatoms. The molecule has 3 fully saturated rings. The number of piperidine rings is 3. The molecule has 1 N–H and O–H groups in total. The van der Waals surface area contributed by atoms with Crippen molar-refractivity contribution >= 4 is 23.1 Å². The van der Waals surface area contributed by atoms with Crippen LogP contribution in [0.2, 0.25) is 0 Å². The van der Waals surface area contributed by atoms with E-state index < -0.39 is 0 Å². The molecule has 0 saturated carbocycles. The maximum absolute atomic E-state index is 6.32. The average molecular weight is 343 g/mol. The quantitative estimate of drug-likeness (QED) is 0.849. The minimum Gasteiger partial charge on any atom is -0.450 e. The summed E-state index contributed by atoms with van der Waals surface area (Å²) in [6.07, 6.45) is 2.25. The monoisotopic (exact) mass is 343 g/mol. The lowest BCUT2D eigenvalue weighted by Crippen LogP contribution is -2.69. The summed E-state index contributed by atoms with van der Waals surface area (Å²) in [7, 11) is 1.80. The summed E-state index contributed by atoms with van der Waals surface area (Å²) >= 11 is 0. The first kappa shape index (κ1) is 15.2. The zero-order valence-electron chi connectivity index (χ0n) is 14.6. The Morgan fingerprint density at radius 2 is 2.16 bits per heavy atom. The van der Waals surface area contributed by atoms with E-state index in [-0.39, 0.29) is 5.60 Å². The normalized spacial score (nSPS) is 33.7. The fourth-order valence-electron chi connectivity index (χ4n) is 4.59. The Morgan fingerprint density at radius 1 is 1.32 bits per heavy atom. The van der Waals surface area contributed by atoms with Crippen molar-refractivity contribution in [3.8, 4) is 0 Å². The van der Waals surface area contributed by atoms with Crippen LogP contribution in [0, 0.1) is 12.8 Å². The zero-order chi connectivity index (χ0) is 17.1. The second kappa shape index (κ2) is 5.19. The van der Waals surface area contributed by atoms with E-state index in [0.717, 1.165) is 49.1 Å². The molecule has 3 saturated heterocycles. The van der Waals surface area contributed by atoms with Gasteiger partial charge in [0.1, 0.15) is 18.6 Å². The van der Waals surface area contributed by atoms with Gasteiger partial charge in [-0.1, -0.05) is 6.07 Å². The van der Waals surface area contributed by atoms with Crippen molar-refractivity contribution in [2.45, 2.75) is 25.4 Å². The van der Waals surface area contributed by atoms with E-state index in [2.05, 4.69) is 15.3 Å². The van der Waals surface area contributed by atoms with Gasteiger partial charge < -0.3 is 9.15 Å². The van der Waals surface area contributed by atoms with Gasteiger partial charge in [0, 0.05) is 18.8 Å². The number of anilines is 1. The molecule has 0 amide bonds. The molecule has 4 aliphatic heterocycles. The minimum absolute atomic E-state index is 0.253. The highest BCUT2D eigenvalue weighted by Gasteiger charge is 2.60. The molecule has 5 heterocycles. The summed E-state index contributed by atoms with van der Waals surface area (Å²) in [5, 5.41) is 3.11. The fraction of sp³-hybridized carbons (Fsp3) is 0.556. The van der Waals surface area contributed by atoms with Crippen LogP contribution in [0.3, 0.4) is 0 Å². The Hall–Kier alpha value is -2.12. The molecule has 1 spiro atoms. The molecule has 7 nitrogen and oxygen atoms in total. The number of hydrogen-bond donors (Lipinski definition) is 1. The number of fused-ring (bicyclic) bond motifs is 3. The third kappa shape index (κ3) is 2.33. The molecule has 4 aliphatic rings. The molecule has 2 aromatic rings. The Bertz CT molecular complexity index is 853. The van der Waals surface area contributed by atoms with E-state index in [4.69, 9.17) is 14.0 Å². The molecule has 1 aromatic heterocycles. The number of quaternary nitrogens is 1. The van der Waals surface area contributed by atoms with Gasteiger partial charge in [-0.25, -0.2) is 9.83 Å². The predicted octanol–water partition coefficient (Wildman–Crippen LogP) is 2.47. The summed E-state index contributed by atoms with van der Waals surface area (Å²) < 4.78 is 12.8. The number of ether oxygens (including phenoxy) is 1. The highest BCUT2D eigenvalue weighted by Crippen LogP contribution is 2.44. The maximum atomic E-state index is 6.32. The molecule has 1 atom stereocenters. The summed E-state index contributed by atoms with van der Waals surface area (Å²) in [5.74, 6) is 0.539. The number of oxazole rings is 1. The molecule has 1 aromatic carbocycles. The van der Waals surface area contributed by atoms with Crippen LogP contribution in [0.5, 0.6) is 0 Å². The molecule has 6 rings (SSSR count). The molecular formula is C18H23N4O3+. The molecule has 0 radical (unpaired) electrons. The second-order valence-corrected chi connectivity index (χ2v) is 7.52. The minimum atomic E-state index is -0.253. The van der Waals surface area contributed by atoms with Gasteiger partial charge in [0.05, 0.1) is 13.7 Å². The van der Waals surface area contributed by atoms with E-state index in [9.17, 15) is 0 Å². The Kier molecular flexibility index (Phi) is 3.15. The van der Waals surface area contributed by atoms with E-state index in [1.54, 1.807) is 7.11 Å². The lowest BCUT2D eigenvalue weighted by atomic mass is 9.75. The molecule has 25 heavy (non-hydrogen) atoms. The fourth-order valence-corrected chi connectivity index (χ4v) is 4.59. The van der Waals surface area contributed by atoms with Crippen LogP contribution in [0.1, 0.15) is 18.4 Å². The molecular weight excluding hydrogens is 320 g/mol. The van der Waals surface area contributed by atoms with Crippen LogP contribution in [0.25, 0.3) is 11.1 Å². The van der Waals surface area contributed by atoms with Crippen molar-refractivity contribution in [1.29, 1.82) is 0 Å². The SMILES string of the molecule is CO[N+]12CCC(CC1)C1(CN=C(Nc3nc4ccc(C)cc4o3)O1)C2. The van der Waals surface area contributed by atoms with Crippen molar-refractivity contribution in [1.82, 2.24) is 4.98 Å². The third-order valence-corrected chi connectivity index (χ3v) is 6.01. The number of aliphatic imine (C=N–C) groups is 1. The average Bonchev–Trinajstić information content (AvgIpc) is 3.19. The number of aromatic nitrogens is 1. The highest BCUT2D eigenvalue weighted by molar-refractivity contribution is 5.89. The number of nitrogens with one attached hydrogen (secondary N) is 1. The van der Waals surface area contributed by atoms with Crippen LogP contribution < -0.4 is 5.32 Å². The summed E-state index contributed by atoms with van der Waals surface area (Å²) in [6, 6.07) is 6.89. The predicted molar refractivity (Wildman–Crippen MR) is 93.1 cm³/mol. The second-order valence-electron chi connectivity index (χ2n) is 7.52. The van der Waals surface area contributed by atoms with E-state index in [1.807, 2.05) is 25.1 Å². The van der Waals surface area contributed by atoms with Gasteiger partial charge in [0.25, 0.3) is 6.02 Å². The van der Waals surface area contributed by atoms with E-state index in [1.165, 1.54) is 0 Å². The topological polar surface area (TPSA) is 68.9 Å². The van der Waals surface area contributed by atoms with E-state index in [0.29, 0.717) is 29.1 Å². The Balaban J connectivity index is 1.35. The first-order valence-corrected chi connectivity index (χ1v) is 8.89. The number of nitrogens with zero attached hydrogens (tertiary/aromatic N) is 3. The van der Waals surface area contributed by atoms with Crippen LogP contribution in [0.15, 0.2) is 27.6 Å². The zero-order valence-corrected chi connectivity index (χ0v) is 14.6. The van der Waals surface area contributed by atoms with Crippen molar-refractivity contribution < 1.29 is 18.6 Å². The number of hydroxylamine groups is 3. The summed E-state index contributed by atoms with van der Waals surface area (Å²) in [5.41, 5.74) is 2.48. The Morgan fingerprint density at radius 3 is 2.96 bits per heavy atom. The Labute approximate surface area is 146 Å². The lowest BCUT2D eigenvalue weighted by Gasteiger charge is -2.53. The van der Waals surface area contributed by atoms with E-state index >= 15 is 0 Å². The van der Waals surface area contributed by atoms with Gasteiger partial charge in [-0.2, -0.15) is 9.63 Å². The number of benzene rings is 1. The number of aryl methyl sites for hydroxylation is 1. The number of amidine groups is 1. The van der Waals surface area contributed by atoms with Gasteiger partial charge in [-0.3, -0.25) is 5.32 Å². The first-order chi connectivity index (χ1) is 12.1. The van der Waals surface area contributed by atoms with Crippen molar-refractivity contribution in [3.05, 3.63) is 23.8 Å². The number of hydrogen-bond acceptors (Lipinski definition) is 6. The third-order valence-electron chi connectivity index (χ3n) is 6.01. The summed E-state index contributed by atoms with van der Waals surface area (Å²) in [4.78, 5) is 14.9. The van der Waals surface area contributed by atoms with Gasteiger partial charge in [-0.15, -0.1) is 0 Å². The van der Waals surface area contributed by atoms with Gasteiger partial charge >= 0.3 is 6.01 Å².